The largest absolute Gasteiger partial charge is 0.872 e. The van der Waals surface area contributed by atoms with Crippen molar-refractivity contribution in [3.05, 3.63) is 23.0 Å². The van der Waals surface area contributed by atoms with E-state index in [0.29, 0.717) is 11.1 Å². The van der Waals surface area contributed by atoms with E-state index in [1.54, 1.807) is 19.9 Å². The number of carbonyl (C=O) groups excluding carboxylic acids is 1. The highest BCUT2D eigenvalue weighted by Crippen LogP contribution is 2.24. The van der Waals surface area contributed by atoms with Crippen LogP contribution in [-0.4, -0.2) is 5.78 Å². The Hall–Kier alpha value is -1.05. The van der Waals surface area contributed by atoms with Crippen LogP contribution in [0.4, 0.5) is 0 Å². The minimum atomic E-state index is -0.0949. The molecule has 2 nitrogen and oxygen atoms in total. The smallest absolute Gasteiger partial charge is 0.187 e. The average Bonchev–Trinajstić information content (AvgIpc) is 1.89. The SMILES string of the molecule is C/C=C1\C(=O)C(C)=C1[O-]. The van der Waals surface area contributed by atoms with Gasteiger partial charge < -0.3 is 5.11 Å². The highest BCUT2D eigenvalue weighted by atomic mass is 16.3. The van der Waals surface area contributed by atoms with Gasteiger partial charge in [-0.05, 0) is 19.4 Å². The average molecular weight is 123 g/mol. The van der Waals surface area contributed by atoms with Crippen molar-refractivity contribution in [2.75, 3.05) is 0 Å². The van der Waals surface area contributed by atoms with Gasteiger partial charge in [-0.3, -0.25) is 4.79 Å². The first-order valence-corrected chi connectivity index (χ1v) is 2.77. The summed E-state index contributed by atoms with van der Waals surface area (Å²) in [5, 5.41) is 10.7. The van der Waals surface area contributed by atoms with Crippen molar-refractivity contribution in [2.24, 2.45) is 0 Å². The highest BCUT2D eigenvalue weighted by molar-refractivity contribution is 6.18. The molecule has 0 atom stereocenters. The molecule has 9 heavy (non-hydrogen) atoms. The van der Waals surface area contributed by atoms with Crippen LogP contribution in [0.5, 0.6) is 0 Å². The summed E-state index contributed by atoms with van der Waals surface area (Å²) in [6.45, 7) is 3.25. The molecule has 0 unspecified atom stereocenters. The second kappa shape index (κ2) is 1.72. The molecule has 0 aliphatic heterocycles. The van der Waals surface area contributed by atoms with Gasteiger partial charge in [0.15, 0.2) is 5.78 Å². The van der Waals surface area contributed by atoms with Crippen molar-refractivity contribution in [2.45, 2.75) is 13.8 Å². The summed E-state index contributed by atoms with van der Waals surface area (Å²) in [6.07, 6.45) is 1.55. The van der Waals surface area contributed by atoms with Crippen molar-refractivity contribution >= 4 is 5.78 Å². The maximum Gasteiger partial charge on any atom is 0.187 e. The summed E-state index contributed by atoms with van der Waals surface area (Å²) in [7, 11) is 0. The van der Waals surface area contributed by atoms with Gasteiger partial charge in [0, 0.05) is 5.57 Å². The lowest BCUT2D eigenvalue weighted by Crippen LogP contribution is -2.28. The fourth-order valence-electron chi connectivity index (χ4n) is 0.810. The first kappa shape index (κ1) is 6.08. The van der Waals surface area contributed by atoms with E-state index < -0.39 is 0 Å². The monoisotopic (exact) mass is 123 g/mol. The molecule has 2 heteroatoms. The van der Waals surface area contributed by atoms with Crippen molar-refractivity contribution in [1.82, 2.24) is 0 Å². The van der Waals surface area contributed by atoms with E-state index in [1.807, 2.05) is 0 Å². The summed E-state index contributed by atoms with van der Waals surface area (Å²) in [5.41, 5.74) is 0.704. The minimum absolute atomic E-state index is 0.0949. The Labute approximate surface area is 53.5 Å². The summed E-state index contributed by atoms with van der Waals surface area (Å²) in [4.78, 5) is 10.7. The fraction of sp³-hybridized carbons (Fsp3) is 0.286. The molecule has 0 saturated carbocycles. The maximum atomic E-state index is 10.7. The Kier molecular flexibility index (Phi) is 1.16. The summed E-state index contributed by atoms with van der Waals surface area (Å²) in [6, 6.07) is 0. The molecule has 0 spiro atoms. The highest BCUT2D eigenvalue weighted by Gasteiger charge is 2.21. The van der Waals surface area contributed by atoms with Crippen LogP contribution >= 0.6 is 0 Å². The second-order valence-electron chi connectivity index (χ2n) is 1.99. The fourth-order valence-corrected chi connectivity index (χ4v) is 0.810. The van der Waals surface area contributed by atoms with Crippen LogP contribution in [0.3, 0.4) is 0 Å². The summed E-state index contributed by atoms with van der Waals surface area (Å²) < 4.78 is 0. The zero-order chi connectivity index (χ0) is 7.02. The van der Waals surface area contributed by atoms with Crippen LogP contribution in [0.2, 0.25) is 0 Å². The van der Waals surface area contributed by atoms with Crippen molar-refractivity contribution < 1.29 is 9.90 Å². The van der Waals surface area contributed by atoms with Crippen LogP contribution in [0.1, 0.15) is 13.8 Å². The molecule has 0 radical (unpaired) electrons. The van der Waals surface area contributed by atoms with Crippen molar-refractivity contribution in [1.29, 1.82) is 0 Å². The Morgan fingerprint density at radius 3 is 2.33 bits per heavy atom. The quantitative estimate of drug-likeness (QED) is 0.430. The van der Waals surface area contributed by atoms with Gasteiger partial charge in [-0.25, -0.2) is 0 Å². The Morgan fingerprint density at radius 2 is 2.11 bits per heavy atom. The number of carbonyl (C=O) groups is 1. The molecule has 1 aliphatic carbocycles. The predicted octanol–water partition coefficient (Wildman–Crippen LogP) is 0.150. The van der Waals surface area contributed by atoms with Crippen molar-refractivity contribution in [3.8, 4) is 0 Å². The lowest BCUT2D eigenvalue weighted by Gasteiger charge is -2.27. The molecule has 0 amide bonds. The maximum absolute atomic E-state index is 10.7. The zero-order valence-electron chi connectivity index (χ0n) is 5.39. The molecule has 0 saturated heterocycles. The topological polar surface area (TPSA) is 40.1 Å². The van der Waals surface area contributed by atoms with Crippen LogP contribution in [-0.2, 0) is 4.79 Å². The van der Waals surface area contributed by atoms with E-state index in [2.05, 4.69) is 0 Å². The number of allylic oxidation sites excluding steroid dienone is 3. The molecule has 1 aliphatic rings. The molecule has 0 aromatic carbocycles. The van der Waals surface area contributed by atoms with Crippen LogP contribution < -0.4 is 5.11 Å². The van der Waals surface area contributed by atoms with E-state index in [9.17, 15) is 9.90 Å². The van der Waals surface area contributed by atoms with Crippen LogP contribution in [0, 0.1) is 0 Å². The third-order valence-electron chi connectivity index (χ3n) is 1.46. The van der Waals surface area contributed by atoms with E-state index in [0.717, 1.165) is 0 Å². The van der Waals surface area contributed by atoms with Gasteiger partial charge in [0.2, 0.25) is 0 Å². The molecule has 1 rings (SSSR count). The van der Waals surface area contributed by atoms with Gasteiger partial charge in [-0.2, -0.15) is 0 Å². The molecule has 0 aromatic rings. The number of hydrogen-bond donors (Lipinski definition) is 0. The molecule has 0 bridgehead atoms. The number of rotatable bonds is 0. The molecular weight excluding hydrogens is 116 g/mol. The standard InChI is InChI=1S/C7H8O2/c1-3-5-6(8)4(2)7(5)9/h3,8H,1-2H3/p-1/b5-3-. The Bertz CT molecular complexity index is 221. The van der Waals surface area contributed by atoms with Gasteiger partial charge in [0.25, 0.3) is 0 Å². The van der Waals surface area contributed by atoms with Crippen LogP contribution in [0.25, 0.3) is 0 Å². The van der Waals surface area contributed by atoms with Gasteiger partial charge in [0.1, 0.15) is 0 Å². The number of ketones is 1. The summed E-state index contributed by atoms with van der Waals surface area (Å²) in [5.74, 6) is -0.190. The third-order valence-corrected chi connectivity index (χ3v) is 1.46. The molecular formula is C7H7O2-. The van der Waals surface area contributed by atoms with E-state index in [4.69, 9.17) is 0 Å². The zero-order valence-corrected chi connectivity index (χ0v) is 5.39. The first-order chi connectivity index (χ1) is 4.18. The van der Waals surface area contributed by atoms with Crippen LogP contribution in [0.15, 0.2) is 23.0 Å². The third kappa shape index (κ3) is 0.593. The van der Waals surface area contributed by atoms with Gasteiger partial charge in [0.05, 0.1) is 0 Å². The Morgan fingerprint density at radius 1 is 1.56 bits per heavy atom. The Balaban J connectivity index is 3.06. The lowest BCUT2D eigenvalue weighted by molar-refractivity contribution is -0.301. The normalized spacial score (nSPS) is 22.9. The van der Waals surface area contributed by atoms with E-state index in [-0.39, 0.29) is 11.5 Å². The predicted molar refractivity (Wildman–Crippen MR) is 31.5 cm³/mol. The molecule has 0 aromatic heterocycles. The second-order valence-corrected chi connectivity index (χ2v) is 1.99. The van der Waals surface area contributed by atoms with E-state index >= 15 is 0 Å². The van der Waals surface area contributed by atoms with Gasteiger partial charge in [-0.15, -0.1) is 0 Å². The number of Topliss-reactive ketones (excluding diaryl/α,β-unsaturated/α-hetero) is 1. The van der Waals surface area contributed by atoms with E-state index in [1.165, 1.54) is 0 Å². The first-order valence-electron chi connectivity index (χ1n) is 2.77. The van der Waals surface area contributed by atoms with Crippen molar-refractivity contribution in [3.63, 3.8) is 0 Å². The molecule has 0 fully saturated rings. The molecule has 0 N–H and O–H groups in total. The number of hydrogen-bond acceptors (Lipinski definition) is 2. The lowest BCUT2D eigenvalue weighted by atomic mass is 9.89. The molecule has 0 heterocycles. The van der Waals surface area contributed by atoms with Gasteiger partial charge >= 0.3 is 0 Å². The molecule has 48 valence electrons. The van der Waals surface area contributed by atoms with Gasteiger partial charge in [-0.1, -0.05) is 11.8 Å². The minimum Gasteiger partial charge on any atom is -0.872 e. The summed E-state index contributed by atoms with van der Waals surface area (Å²) >= 11 is 0.